The monoisotopic (exact) mass is 402 g/mol. The zero-order valence-electron chi connectivity index (χ0n) is 17.7. The van der Waals surface area contributed by atoms with Gasteiger partial charge in [-0.25, -0.2) is 0 Å². The number of carbonyl (C=O) groups is 1. The van der Waals surface area contributed by atoms with Crippen LogP contribution in [0, 0.1) is 5.41 Å². The number of rotatable bonds is 5. The molecule has 0 bridgehead atoms. The van der Waals surface area contributed by atoms with Crippen LogP contribution in [-0.2, 0) is 16.2 Å². The van der Waals surface area contributed by atoms with Crippen LogP contribution in [0.15, 0.2) is 36.4 Å². The van der Waals surface area contributed by atoms with Crippen molar-refractivity contribution in [1.82, 2.24) is 14.9 Å². The van der Waals surface area contributed by atoms with Gasteiger partial charge in [-0.05, 0) is 33.8 Å². The molecule has 0 saturated heterocycles. The summed E-state index contributed by atoms with van der Waals surface area (Å²) in [7, 11) is 0. The predicted octanol–water partition coefficient (Wildman–Crippen LogP) is 4.24. The molecule has 2 N–H and O–H groups in total. The van der Waals surface area contributed by atoms with E-state index in [0.29, 0.717) is 11.5 Å². The van der Waals surface area contributed by atoms with E-state index in [4.69, 9.17) is 0 Å². The number of nitrogens with zero attached hydrogens (tertiary/aromatic N) is 2. The highest BCUT2D eigenvalue weighted by atomic mass is 32.2. The van der Waals surface area contributed by atoms with Gasteiger partial charge in [0.2, 0.25) is 5.91 Å². The highest BCUT2D eigenvalue weighted by Crippen LogP contribution is 2.29. The zero-order valence-corrected chi connectivity index (χ0v) is 18.5. The van der Waals surface area contributed by atoms with Crippen LogP contribution in [0.2, 0.25) is 0 Å². The molecule has 0 aliphatic carbocycles. The lowest BCUT2D eigenvalue weighted by atomic mass is 9.95. The molecule has 2 aromatic rings. The van der Waals surface area contributed by atoms with Crippen molar-refractivity contribution in [3.8, 4) is 11.3 Å². The SMILES string of the molecule is CC(N[S@@+]([O-])C(C)(C)C)c1cc(NC(=O)C(C)(C)C)nnc1-c1ccccc1. The van der Waals surface area contributed by atoms with Crippen LogP contribution in [0.3, 0.4) is 0 Å². The molecule has 28 heavy (non-hydrogen) atoms. The highest BCUT2D eigenvalue weighted by Gasteiger charge is 2.30. The molecule has 0 radical (unpaired) electrons. The minimum Gasteiger partial charge on any atom is -0.598 e. The van der Waals surface area contributed by atoms with Crippen molar-refractivity contribution >= 4 is 23.1 Å². The van der Waals surface area contributed by atoms with E-state index in [2.05, 4.69) is 20.2 Å². The van der Waals surface area contributed by atoms with Gasteiger partial charge in [0.1, 0.15) is 4.75 Å². The van der Waals surface area contributed by atoms with Crippen LogP contribution in [0.25, 0.3) is 11.3 Å². The normalized spacial score (nSPS) is 14.4. The standard InChI is InChI=1S/C21H30N4O2S/c1-14(25-28(27)21(5,6)7)16-13-17(22-19(26)20(2,3)4)23-24-18(16)15-11-9-8-10-12-15/h8-14,25H,1-7H3,(H,22,23,26)/t14?,28-/m0/s1. The molecule has 1 unspecified atom stereocenters. The number of amides is 1. The molecule has 6 nitrogen and oxygen atoms in total. The summed E-state index contributed by atoms with van der Waals surface area (Å²) in [6.07, 6.45) is 0. The van der Waals surface area contributed by atoms with Crippen molar-refractivity contribution in [3.63, 3.8) is 0 Å². The number of nitrogens with one attached hydrogen (secondary N) is 2. The molecule has 1 heterocycles. The second kappa shape index (κ2) is 8.59. The van der Waals surface area contributed by atoms with Gasteiger partial charge in [-0.3, -0.25) is 4.79 Å². The largest absolute Gasteiger partial charge is 0.598 e. The van der Waals surface area contributed by atoms with Crippen molar-refractivity contribution in [1.29, 1.82) is 0 Å². The molecule has 2 atom stereocenters. The van der Waals surface area contributed by atoms with E-state index in [1.54, 1.807) is 6.07 Å². The first-order valence-electron chi connectivity index (χ1n) is 9.32. The number of anilines is 1. The Morgan fingerprint density at radius 2 is 1.68 bits per heavy atom. The van der Waals surface area contributed by atoms with Crippen molar-refractivity contribution < 1.29 is 9.35 Å². The minimum absolute atomic E-state index is 0.140. The second-order valence-corrected chi connectivity index (χ2v) is 10.8. The molecular weight excluding hydrogens is 372 g/mol. The first-order chi connectivity index (χ1) is 12.9. The zero-order chi connectivity index (χ0) is 21.1. The van der Waals surface area contributed by atoms with Gasteiger partial charge < -0.3 is 9.87 Å². The van der Waals surface area contributed by atoms with Crippen molar-refractivity contribution in [2.45, 2.75) is 59.3 Å². The molecule has 7 heteroatoms. The van der Waals surface area contributed by atoms with Crippen molar-refractivity contribution in [3.05, 3.63) is 42.0 Å². The average molecular weight is 403 g/mol. The van der Waals surface area contributed by atoms with E-state index < -0.39 is 21.5 Å². The molecule has 0 aliphatic heterocycles. The van der Waals surface area contributed by atoms with Gasteiger partial charge in [-0.15, -0.1) is 14.9 Å². The number of aromatic nitrogens is 2. The summed E-state index contributed by atoms with van der Waals surface area (Å²) in [6, 6.07) is 11.3. The summed E-state index contributed by atoms with van der Waals surface area (Å²) in [5, 5.41) is 11.4. The maximum atomic E-state index is 12.6. The predicted molar refractivity (Wildman–Crippen MR) is 115 cm³/mol. The summed E-state index contributed by atoms with van der Waals surface area (Å²) in [6.45, 7) is 13.2. The van der Waals surface area contributed by atoms with E-state index in [0.717, 1.165) is 11.1 Å². The van der Waals surface area contributed by atoms with Crippen molar-refractivity contribution in [2.75, 3.05) is 5.32 Å². The molecular formula is C21H30N4O2S. The fourth-order valence-corrected chi connectivity index (χ4v) is 3.12. The molecule has 2 rings (SSSR count). The Kier molecular flexibility index (Phi) is 6.85. The van der Waals surface area contributed by atoms with Crippen LogP contribution >= 0.6 is 0 Å². The van der Waals surface area contributed by atoms with Gasteiger partial charge in [0.05, 0.1) is 11.7 Å². The molecule has 152 valence electrons. The van der Waals surface area contributed by atoms with Crippen LogP contribution in [0.5, 0.6) is 0 Å². The number of hydrogen-bond donors (Lipinski definition) is 2. The Bertz CT molecular complexity index is 813. The molecule has 0 spiro atoms. The Morgan fingerprint density at radius 3 is 2.21 bits per heavy atom. The molecule has 0 aliphatic rings. The first kappa shape index (κ1) is 22.3. The average Bonchev–Trinajstić information content (AvgIpc) is 2.60. The molecule has 0 saturated carbocycles. The first-order valence-corrected chi connectivity index (χ1v) is 10.5. The quantitative estimate of drug-likeness (QED) is 0.730. The summed E-state index contributed by atoms with van der Waals surface area (Å²) >= 11 is -1.25. The van der Waals surface area contributed by atoms with E-state index >= 15 is 0 Å². The van der Waals surface area contributed by atoms with Gasteiger partial charge in [0.25, 0.3) is 0 Å². The van der Waals surface area contributed by atoms with E-state index in [1.165, 1.54) is 0 Å². The topological polar surface area (TPSA) is 90.0 Å². The Labute approximate surface area is 170 Å². The number of hydrogen-bond acceptors (Lipinski definition) is 5. The van der Waals surface area contributed by atoms with Crippen molar-refractivity contribution in [2.24, 2.45) is 5.41 Å². The maximum Gasteiger partial charge on any atom is 0.230 e. The minimum atomic E-state index is -1.25. The third kappa shape index (κ3) is 5.77. The fraction of sp³-hybridized carbons (Fsp3) is 0.476. The van der Waals surface area contributed by atoms with E-state index in [9.17, 15) is 9.35 Å². The fourth-order valence-electron chi connectivity index (χ4n) is 2.32. The third-order valence-electron chi connectivity index (χ3n) is 4.10. The van der Waals surface area contributed by atoms with Gasteiger partial charge >= 0.3 is 0 Å². The number of carbonyl (C=O) groups excluding carboxylic acids is 1. The lowest BCUT2D eigenvalue weighted by Gasteiger charge is -2.27. The van der Waals surface area contributed by atoms with Gasteiger partial charge in [0.15, 0.2) is 5.82 Å². The smallest absolute Gasteiger partial charge is 0.230 e. The molecule has 0 fully saturated rings. The highest BCUT2D eigenvalue weighted by molar-refractivity contribution is 7.90. The van der Waals surface area contributed by atoms with Gasteiger partial charge in [0, 0.05) is 27.9 Å². The lowest BCUT2D eigenvalue weighted by Crippen LogP contribution is -2.40. The van der Waals surface area contributed by atoms with Crippen LogP contribution < -0.4 is 10.0 Å². The maximum absolute atomic E-state index is 12.6. The second-order valence-electron chi connectivity index (χ2n) is 8.82. The van der Waals surface area contributed by atoms with E-state index in [1.807, 2.05) is 78.8 Å². The Morgan fingerprint density at radius 1 is 1.07 bits per heavy atom. The lowest BCUT2D eigenvalue weighted by molar-refractivity contribution is -0.123. The molecule has 1 aromatic heterocycles. The molecule has 1 amide bonds. The summed E-state index contributed by atoms with van der Waals surface area (Å²) < 4.78 is 15.3. The summed E-state index contributed by atoms with van der Waals surface area (Å²) in [5.41, 5.74) is 1.88. The third-order valence-corrected chi connectivity index (χ3v) is 5.78. The van der Waals surface area contributed by atoms with Crippen LogP contribution in [0.4, 0.5) is 5.82 Å². The molecule has 1 aromatic carbocycles. The van der Waals surface area contributed by atoms with Gasteiger partial charge in [-0.2, -0.15) is 0 Å². The summed E-state index contributed by atoms with van der Waals surface area (Å²) in [4.78, 5) is 12.3. The van der Waals surface area contributed by atoms with Crippen LogP contribution in [-0.4, -0.2) is 25.4 Å². The van der Waals surface area contributed by atoms with Gasteiger partial charge in [-0.1, -0.05) is 51.1 Å². The Hall–Kier alpha value is -1.96. The summed E-state index contributed by atoms with van der Waals surface area (Å²) in [5.74, 6) is 0.240. The Balaban J connectivity index is 2.42. The van der Waals surface area contributed by atoms with E-state index in [-0.39, 0.29) is 11.9 Å². The van der Waals surface area contributed by atoms with Crippen LogP contribution in [0.1, 0.15) is 60.1 Å². The number of benzene rings is 1.